The SMILES string of the molecule is C=C(CCC)N1N=C(c2cc(S(=O)(=O)N(C)N3CCCCC3)ccc2OCC)NC(=O)/C1=C(\C)N. The van der Waals surface area contributed by atoms with Gasteiger partial charge in [0.25, 0.3) is 15.9 Å². The number of sulfonamides is 1. The van der Waals surface area contributed by atoms with Gasteiger partial charge in [-0.3, -0.25) is 4.79 Å². The second-order valence-corrected chi connectivity index (χ2v) is 10.6. The molecule has 0 radical (unpaired) electrons. The number of rotatable bonds is 9. The molecule has 2 aliphatic rings. The number of carbonyl (C=O) groups excluding carboxylic acids is 1. The maximum atomic E-state index is 13.5. The average Bonchev–Trinajstić information content (AvgIpc) is 2.83. The van der Waals surface area contributed by atoms with Gasteiger partial charge in [0.2, 0.25) is 0 Å². The lowest BCUT2D eigenvalue weighted by molar-refractivity contribution is -0.118. The van der Waals surface area contributed by atoms with E-state index < -0.39 is 15.9 Å². The summed E-state index contributed by atoms with van der Waals surface area (Å²) in [7, 11) is -2.27. The number of carbonyl (C=O) groups is 1. The van der Waals surface area contributed by atoms with Crippen molar-refractivity contribution in [1.29, 1.82) is 0 Å². The summed E-state index contributed by atoms with van der Waals surface area (Å²) in [6.07, 6.45) is 4.40. The molecule has 192 valence electrons. The highest BCUT2D eigenvalue weighted by molar-refractivity contribution is 7.89. The number of nitrogens with zero attached hydrogens (tertiary/aromatic N) is 4. The Hall–Kier alpha value is -2.89. The predicted octanol–water partition coefficient (Wildman–Crippen LogP) is 2.70. The molecule has 1 fully saturated rings. The second-order valence-electron chi connectivity index (χ2n) is 8.61. The number of benzene rings is 1. The number of nitrogens with one attached hydrogen (secondary N) is 1. The molecule has 0 saturated carbocycles. The third-order valence-electron chi connectivity index (χ3n) is 5.95. The van der Waals surface area contributed by atoms with Gasteiger partial charge in [-0.25, -0.2) is 18.4 Å². The number of hydrazone groups is 1. The van der Waals surface area contributed by atoms with Gasteiger partial charge in [0.15, 0.2) is 5.84 Å². The zero-order valence-electron chi connectivity index (χ0n) is 21.0. The van der Waals surface area contributed by atoms with Crippen LogP contribution in [0, 0.1) is 0 Å². The van der Waals surface area contributed by atoms with Crippen molar-refractivity contribution in [2.24, 2.45) is 10.8 Å². The monoisotopic (exact) mass is 504 g/mol. The largest absolute Gasteiger partial charge is 0.493 e. The fourth-order valence-electron chi connectivity index (χ4n) is 4.13. The molecule has 0 atom stereocenters. The van der Waals surface area contributed by atoms with Crippen LogP contribution in [0.3, 0.4) is 0 Å². The lowest BCUT2D eigenvalue weighted by Gasteiger charge is -2.34. The minimum atomic E-state index is -3.83. The van der Waals surface area contributed by atoms with Crippen LogP contribution in [0.5, 0.6) is 5.75 Å². The first kappa shape index (κ1) is 26.7. The topological polar surface area (TPSA) is 121 Å². The van der Waals surface area contributed by atoms with E-state index >= 15 is 0 Å². The minimum absolute atomic E-state index is 0.0799. The molecule has 2 heterocycles. The number of ether oxygens (including phenoxy) is 1. The molecule has 0 aliphatic carbocycles. The van der Waals surface area contributed by atoms with E-state index in [9.17, 15) is 13.2 Å². The van der Waals surface area contributed by atoms with Crippen molar-refractivity contribution in [3.8, 4) is 5.75 Å². The number of hydrazine groups is 1. The van der Waals surface area contributed by atoms with Crippen molar-refractivity contribution in [3.63, 3.8) is 0 Å². The molecule has 11 heteroatoms. The van der Waals surface area contributed by atoms with Crippen LogP contribution in [0.15, 0.2) is 51.9 Å². The van der Waals surface area contributed by atoms with Gasteiger partial charge in [0, 0.05) is 31.5 Å². The Bertz CT molecular complexity index is 1130. The molecule has 2 aliphatic heterocycles. The molecule has 0 bridgehead atoms. The van der Waals surface area contributed by atoms with Gasteiger partial charge < -0.3 is 15.8 Å². The summed E-state index contributed by atoms with van der Waals surface area (Å²) >= 11 is 0. The van der Waals surface area contributed by atoms with Crippen LogP contribution < -0.4 is 15.8 Å². The van der Waals surface area contributed by atoms with Crippen LogP contribution in [0.1, 0.15) is 58.4 Å². The molecule has 0 aromatic heterocycles. The van der Waals surface area contributed by atoms with Crippen molar-refractivity contribution in [2.45, 2.75) is 57.8 Å². The first-order chi connectivity index (χ1) is 16.6. The molecule has 1 amide bonds. The van der Waals surface area contributed by atoms with Gasteiger partial charge in [-0.15, -0.1) is 9.52 Å². The van der Waals surface area contributed by atoms with Crippen molar-refractivity contribution in [1.82, 2.24) is 19.7 Å². The summed E-state index contributed by atoms with van der Waals surface area (Å²) in [5.41, 5.74) is 7.43. The van der Waals surface area contributed by atoms with E-state index in [1.54, 1.807) is 20.0 Å². The van der Waals surface area contributed by atoms with E-state index in [-0.39, 0.29) is 16.4 Å². The first-order valence-electron chi connectivity index (χ1n) is 12.0. The molecule has 1 aromatic carbocycles. The van der Waals surface area contributed by atoms with Gasteiger partial charge in [0.1, 0.15) is 11.4 Å². The normalized spacial score (nSPS) is 18.8. The van der Waals surface area contributed by atoms with Crippen molar-refractivity contribution in [2.75, 3.05) is 26.7 Å². The highest BCUT2D eigenvalue weighted by Gasteiger charge is 2.32. The van der Waals surface area contributed by atoms with Gasteiger partial charge in [-0.1, -0.05) is 26.3 Å². The van der Waals surface area contributed by atoms with E-state index in [0.717, 1.165) is 25.7 Å². The summed E-state index contributed by atoms with van der Waals surface area (Å²) < 4.78 is 34.0. The second kappa shape index (κ2) is 11.2. The Morgan fingerprint density at radius 2 is 1.94 bits per heavy atom. The molecule has 35 heavy (non-hydrogen) atoms. The lowest BCUT2D eigenvalue weighted by atomic mass is 10.1. The van der Waals surface area contributed by atoms with Crippen LogP contribution in [0.25, 0.3) is 0 Å². The Labute approximate surface area is 208 Å². The van der Waals surface area contributed by atoms with Gasteiger partial charge in [0.05, 0.1) is 17.1 Å². The Balaban J connectivity index is 2.09. The quantitative estimate of drug-likeness (QED) is 0.496. The molecule has 3 N–H and O–H groups in total. The highest BCUT2D eigenvalue weighted by atomic mass is 32.2. The third-order valence-corrected chi connectivity index (χ3v) is 7.73. The summed E-state index contributed by atoms with van der Waals surface area (Å²) in [4.78, 5) is 13.1. The summed E-state index contributed by atoms with van der Waals surface area (Å²) in [6.45, 7) is 11.2. The standard InChI is InChI=1S/C24H36N6O4S/c1-6-11-17(3)30-22(18(4)25)24(31)26-23(27-30)20-16-19(12-13-21(20)34-7-2)35(32,33)28(5)29-14-9-8-10-15-29/h12-13,16H,3,6-11,14-15,25H2,1-2,4-5H3,(H,26,27,31)/b22-18-. The summed E-state index contributed by atoms with van der Waals surface area (Å²) in [5, 5.41) is 10.6. The summed E-state index contributed by atoms with van der Waals surface area (Å²) in [5.74, 6) is 0.121. The number of piperidine rings is 1. The Morgan fingerprint density at radius 3 is 2.54 bits per heavy atom. The fraction of sp³-hybridized carbons (Fsp3) is 0.500. The number of hydrogen-bond donors (Lipinski definition) is 2. The maximum absolute atomic E-state index is 13.5. The lowest BCUT2D eigenvalue weighted by Crippen LogP contribution is -2.46. The van der Waals surface area contributed by atoms with Crippen molar-refractivity contribution >= 4 is 21.8 Å². The molecule has 3 rings (SSSR count). The predicted molar refractivity (Wildman–Crippen MR) is 135 cm³/mol. The van der Waals surface area contributed by atoms with E-state index in [2.05, 4.69) is 17.0 Å². The summed E-state index contributed by atoms with van der Waals surface area (Å²) in [6, 6.07) is 4.60. The molecule has 0 unspecified atom stereocenters. The first-order valence-corrected chi connectivity index (χ1v) is 13.4. The van der Waals surface area contributed by atoms with Crippen LogP contribution in [0.4, 0.5) is 0 Å². The number of allylic oxidation sites excluding steroid dienone is 2. The van der Waals surface area contributed by atoms with E-state index in [0.29, 0.717) is 48.8 Å². The van der Waals surface area contributed by atoms with E-state index in [1.807, 2.05) is 18.9 Å². The number of nitrogens with two attached hydrogens (primary N) is 1. The number of amidine groups is 1. The Kier molecular flexibility index (Phi) is 8.57. The number of hydrogen-bond acceptors (Lipinski definition) is 8. The molecule has 0 spiro atoms. The van der Waals surface area contributed by atoms with Gasteiger partial charge in [-0.05, 0) is 51.3 Å². The smallest absolute Gasteiger partial charge is 0.277 e. The zero-order valence-corrected chi connectivity index (χ0v) is 21.8. The van der Waals surface area contributed by atoms with Crippen LogP contribution >= 0.6 is 0 Å². The maximum Gasteiger partial charge on any atom is 0.277 e. The minimum Gasteiger partial charge on any atom is -0.493 e. The fourth-order valence-corrected chi connectivity index (χ4v) is 5.41. The van der Waals surface area contributed by atoms with Gasteiger partial charge in [-0.2, -0.15) is 0 Å². The Morgan fingerprint density at radius 1 is 1.26 bits per heavy atom. The molecular weight excluding hydrogens is 468 g/mol. The van der Waals surface area contributed by atoms with E-state index in [4.69, 9.17) is 10.5 Å². The third kappa shape index (κ3) is 5.68. The van der Waals surface area contributed by atoms with Gasteiger partial charge >= 0.3 is 0 Å². The average molecular weight is 505 g/mol. The van der Waals surface area contributed by atoms with Crippen LogP contribution in [-0.2, 0) is 14.8 Å². The number of amides is 1. The van der Waals surface area contributed by atoms with Crippen LogP contribution in [-0.4, -0.2) is 61.3 Å². The molecule has 10 nitrogen and oxygen atoms in total. The highest BCUT2D eigenvalue weighted by Crippen LogP contribution is 2.29. The van der Waals surface area contributed by atoms with Crippen molar-refractivity contribution < 1.29 is 17.9 Å². The van der Waals surface area contributed by atoms with E-state index in [1.165, 1.54) is 21.6 Å². The molecule has 1 saturated heterocycles. The van der Waals surface area contributed by atoms with Crippen molar-refractivity contribution in [3.05, 3.63) is 47.4 Å². The molecule has 1 aromatic rings. The van der Waals surface area contributed by atoms with Crippen LogP contribution in [0.2, 0.25) is 0 Å². The molecular formula is C24H36N6O4S. The zero-order chi connectivity index (χ0) is 25.8.